The Kier molecular flexibility index (Phi) is 7.48. The maximum atomic E-state index is 6.11. The fraction of sp³-hybridized carbons (Fsp3) is 0.143. The van der Waals surface area contributed by atoms with E-state index >= 15 is 0 Å². The number of rotatable bonds is 9. The first kappa shape index (κ1) is 23.2. The molecule has 32 heavy (non-hydrogen) atoms. The molecule has 0 aliphatic carbocycles. The first-order chi connectivity index (χ1) is 15.6. The quantitative estimate of drug-likeness (QED) is 0.167. The zero-order chi connectivity index (χ0) is 22.3. The van der Waals surface area contributed by atoms with E-state index in [1.165, 1.54) is 15.9 Å². The molecule has 0 bridgehead atoms. The Labute approximate surface area is 204 Å². The summed E-state index contributed by atoms with van der Waals surface area (Å²) in [6.45, 7) is 1.25. The fourth-order valence-corrected chi connectivity index (χ4v) is 12.2. The number of ether oxygens (including phenoxy) is 1. The molecule has 0 N–H and O–H groups in total. The molecule has 0 saturated heterocycles. The van der Waals surface area contributed by atoms with Crippen molar-refractivity contribution in [3.8, 4) is 0 Å². The van der Waals surface area contributed by atoms with Crippen LogP contribution in [0.2, 0.25) is 5.02 Å². The Morgan fingerprint density at radius 1 is 0.656 bits per heavy atom. The molecule has 0 atom stereocenters. The van der Waals surface area contributed by atoms with Crippen LogP contribution < -0.4 is 15.9 Å². The Balaban J connectivity index is 1.66. The van der Waals surface area contributed by atoms with Crippen molar-refractivity contribution in [3.63, 3.8) is 0 Å². The summed E-state index contributed by atoms with van der Waals surface area (Å²) in [7, 11) is 0. The van der Waals surface area contributed by atoms with Gasteiger partial charge in [0.05, 0.1) is 0 Å². The molecular weight excluding hydrogens is 499 g/mol. The van der Waals surface area contributed by atoms with Gasteiger partial charge in [-0.2, -0.15) is 0 Å². The van der Waals surface area contributed by atoms with Crippen molar-refractivity contribution in [1.29, 1.82) is 0 Å². The van der Waals surface area contributed by atoms with Crippen molar-refractivity contribution >= 4 is 48.3 Å². The van der Waals surface area contributed by atoms with Gasteiger partial charge in [-0.25, -0.2) is 0 Å². The van der Waals surface area contributed by atoms with Gasteiger partial charge >= 0.3 is 205 Å². The first-order valence-electron chi connectivity index (χ1n) is 10.8. The fourth-order valence-electron chi connectivity index (χ4n) is 4.33. The van der Waals surface area contributed by atoms with Gasteiger partial charge in [0.1, 0.15) is 0 Å². The minimum atomic E-state index is -2.86. The van der Waals surface area contributed by atoms with Crippen LogP contribution in [0.5, 0.6) is 0 Å². The van der Waals surface area contributed by atoms with Crippen LogP contribution >= 0.6 is 32.4 Å². The molecule has 0 radical (unpaired) electrons. The minimum absolute atomic E-state index is 0.570. The van der Waals surface area contributed by atoms with Gasteiger partial charge in [-0.1, -0.05) is 0 Å². The number of hydrogen-bond acceptors (Lipinski definition) is 1. The van der Waals surface area contributed by atoms with Gasteiger partial charge in [-0.15, -0.1) is 0 Å². The van der Waals surface area contributed by atoms with Gasteiger partial charge < -0.3 is 0 Å². The number of halogens is 2. The topological polar surface area (TPSA) is 9.23 Å². The van der Waals surface area contributed by atoms with Crippen LogP contribution in [0, 0.1) is 0 Å². The van der Waals surface area contributed by atoms with Crippen molar-refractivity contribution in [2.75, 3.05) is 12.8 Å². The number of benzene rings is 4. The molecule has 0 saturated carbocycles. The molecule has 0 unspecified atom stereocenters. The second-order valence-electron chi connectivity index (χ2n) is 7.95. The van der Waals surface area contributed by atoms with Crippen molar-refractivity contribution in [2.45, 2.75) is 13.0 Å². The zero-order valence-electron chi connectivity index (χ0n) is 17.9. The molecule has 1 nitrogen and oxygen atoms in total. The molecule has 4 heteroatoms. The van der Waals surface area contributed by atoms with Gasteiger partial charge in [-0.3, -0.25) is 0 Å². The normalized spacial score (nSPS) is 12.8. The van der Waals surface area contributed by atoms with E-state index in [2.05, 4.69) is 106 Å². The SMILES string of the molecule is Clc1cccc(COCCCP(Br)(c2ccccc2)(c2ccccc2)c2ccccc2)c1. The van der Waals surface area contributed by atoms with E-state index in [-0.39, 0.29) is 0 Å². The predicted octanol–water partition coefficient (Wildman–Crippen LogP) is 7.09. The summed E-state index contributed by atoms with van der Waals surface area (Å²) < 4.78 is 6.06. The Hall–Kier alpha value is -1.96. The molecule has 0 aromatic heterocycles. The van der Waals surface area contributed by atoms with Crippen molar-refractivity contribution < 1.29 is 4.74 Å². The van der Waals surface area contributed by atoms with E-state index in [1.807, 2.05) is 24.3 Å². The van der Waals surface area contributed by atoms with Crippen LogP contribution in [0.15, 0.2) is 115 Å². The predicted molar refractivity (Wildman–Crippen MR) is 145 cm³/mol. The Morgan fingerprint density at radius 3 is 1.62 bits per heavy atom. The average Bonchev–Trinajstić information content (AvgIpc) is 2.85. The molecule has 4 rings (SSSR count). The summed E-state index contributed by atoms with van der Waals surface area (Å²) in [5.41, 5.74) is 1.10. The van der Waals surface area contributed by atoms with Crippen molar-refractivity contribution in [3.05, 3.63) is 126 Å². The van der Waals surface area contributed by atoms with Crippen molar-refractivity contribution in [2.24, 2.45) is 0 Å². The molecular formula is C28H27BrClOP. The van der Waals surface area contributed by atoms with E-state index in [0.717, 1.165) is 23.2 Å². The van der Waals surface area contributed by atoms with Crippen LogP contribution in [0.1, 0.15) is 12.0 Å². The second kappa shape index (κ2) is 10.3. The molecule has 4 aromatic rings. The maximum absolute atomic E-state index is 6.11. The Morgan fingerprint density at radius 2 is 1.16 bits per heavy atom. The molecule has 0 fully saturated rings. The number of hydrogen-bond donors (Lipinski definition) is 0. The third-order valence-electron chi connectivity index (χ3n) is 5.91. The third kappa shape index (κ3) is 4.70. The van der Waals surface area contributed by atoms with E-state index < -0.39 is 5.31 Å². The van der Waals surface area contributed by atoms with Crippen molar-refractivity contribution in [1.82, 2.24) is 0 Å². The average molecular weight is 526 g/mol. The van der Waals surface area contributed by atoms with Gasteiger partial charge in [0, 0.05) is 0 Å². The molecule has 0 aliphatic heterocycles. The summed E-state index contributed by atoms with van der Waals surface area (Å²) in [6.07, 6.45) is 1.90. The van der Waals surface area contributed by atoms with Crippen LogP contribution in [0.3, 0.4) is 0 Å². The monoisotopic (exact) mass is 524 g/mol. The molecule has 0 spiro atoms. The summed E-state index contributed by atoms with van der Waals surface area (Å²) >= 11 is 10.6. The van der Waals surface area contributed by atoms with Crippen LogP contribution in [-0.2, 0) is 11.3 Å². The second-order valence-corrected chi connectivity index (χ2v) is 17.4. The zero-order valence-corrected chi connectivity index (χ0v) is 21.1. The molecule has 0 aliphatic rings. The molecule has 0 amide bonds. The van der Waals surface area contributed by atoms with Gasteiger partial charge in [-0.05, 0) is 0 Å². The van der Waals surface area contributed by atoms with E-state index in [1.54, 1.807) is 0 Å². The summed E-state index contributed by atoms with van der Waals surface area (Å²) in [5, 5.41) is 1.90. The summed E-state index contributed by atoms with van der Waals surface area (Å²) in [6, 6.07) is 40.5. The van der Waals surface area contributed by atoms with E-state index in [4.69, 9.17) is 16.3 Å². The molecule has 0 heterocycles. The van der Waals surface area contributed by atoms with Gasteiger partial charge in [0.2, 0.25) is 0 Å². The van der Waals surface area contributed by atoms with Gasteiger partial charge in [0.15, 0.2) is 0 Å². The standard InChI is InChI=1S/C28H27BrClOP/c29-32(26-14-4-1-5-15-26,27-16-6-2-7-17-27,28-18-8-3-9-19-28)21-11-20-31-23-24-12-10-13-25(30)22-24/h1-10,12-19,22H,11,20-21,23H2. The Bertz CT molecular complexity index is 1040. The van der Waals surface area contributed by atoms with E-state index in [9.17, 15) is 0 Å². The van der Waals surface area contributed by atoms with Gasteiger partial charge in [0.25, 0.3) is 0 Å². The third-order valence-corrected chi connectivity index (χ3v) is 16.2. The summed E-state index contributed by atoms with van der Waals surface area (Å²) in [4.78, 5) is 0. The van der Waals surface area contributed by atoms with Crippen LogP contribution in [0.25, 0.3) is 0 Å². The molecule has 164 valence electrons. The van der Waals surface area contributed by atoms with Crippen LogP contribution in [-0.4, -0.2) is 12.8 Å². The summed E-state index contributed by atoms with van der Waals surface area (Å²) in [5.74, 6) is 0. The van der Waals surface area contributed by atoms with Crippen LogP contribution in [0.4, 0.5) is 0 Å². The van der Waals surface area contributed by atoms with E-state index in [0.29, 0.717) is 13.2 Å². The molecule has 4 aromatic carbocycles. The first-order valence-corrected chi connectivity index (χ1v) is 15.6.